The van der Waals surface area contributed by atoms with E-state index in [1.165, 1.54) is 31.1 Å². The third-order valence-electron chi connectivity index (χ3n) is 6.55. The summed E-state index contributed by atoms with van der Waals surface area (Å²) >= 11 is 1.30. The number of ether oxygens (including phenoxy) is 1. The number of carbonyl (C=O) groups is 3. The number of nitrogens with zero attached hydrogens (tertiary/aromatic N) is 2. The van der Waals surface area contributed by atoms with Crippen LogP contribution in [0.15, 0.2) is 47.4 Å². The number of thiophene rings is 1. The highest BCUT2D eigenvalue weighted by molar-refractivity contribution is 7.18. The van der Waals surface area contributed by atoms with Crippen LogP contribution in [0.2, 0.25) is 0 Å². The van der Waals surface area contributed by atoms with E-state index in [1.54, 1.807) is 17.0 Å². The maximum atomic E-state index is 13.6. The van der Waals surface area contributed by atoms with Crippen LogP contribution in [0.4, 0.5) is 11.4 Å². The summed E-state index contributed by atoms with van der Waals surface area (Å²) in [6.07, 6.45) is 6.30. The van der Waals surface area contributed by atoms with Crippen molar-refractivity contribution in [1.29, 1.82) is 0 Å². The van der Waals surface area contributed by atoms with Gasteiger partial charge in [-0.15, -0.1) is 11.3 Å². The van der Waals surface area contributed by atoms with E-state index < -0.39 is 5.97 Å². The van der Waals surface area contributed by atoms with Gasteiger partial charge in [0.2, 0.25) is 5.91 Å². The molecule has 0 atom stereocenters. The summed E-state index contributed by atoms with van der Waals surface area (Å²) in [7, 11) is 1.35. The largest absolute Gasteiger partial charge is 0.465 e. The normalized spacial score (nSPS) is 17.6. The molecule has 0 spiro atoms. The van der Waals surface area contributed by atoms with E-state index in [4.69, 9.17) is 9.15 Å². The molecular weight excluding hydrogens is 478 g/mol. The van der Waals surface area contributed by atoms with E-state index in [9.17, 15) is 14.4 Å². The van der Waals surface area contributed by atoms with Crippen LogP contribution in [0.1, 0.15) is 66.6 Å². The molecular formula is C27H31N3O5S. The number of oxazole rings is 1. The Morgan fingerprint density at radius 2 is 1.83 bits per heavy atom. The molecule has 1 aliphatic rings. The molecule has 1 fully saturated rings. The number of esters is 1. The summed E-state index contributed by atoms with van der Waals surface area (Å²) in [5.41, 5.74) is 2.24. The summed E-state index contributed by atoms with van der Waals surface area (Å²) in [6.45, 7) is 6.16. The molecule has 190 valence electrons. The Hall–Kier alpha value is -3.46. The lowest BCUT2D eigenvalue weighted by Gasteiger charge is -2.33. The lowest BCUT2D eigenvalue weighted by Crippen LogP contribution is -2.42. The van der Waals surface area contributed by atoms with E-state index in [0.29, 0.717) is 22.2 Å². The third-order valence-corrected chi connectivity index (χ3v) is 7.71. The first-order chi connectivity index (χ1) is 17.3. The minimum atomic E-state index is -0.464. The molecule has 3 aromatic rings. The zero-order chi connectivity index (χ0) is 25.8. The van der Waals surface area contributed by atoms with Crippen molar-refractivity contribution in [3.63, 3.8) is 0 Å². The van der Waals surface area contributed by atoms with Crippen LogP contribution in [0.3, 0.4) is 0 Å². The summed E-state index contributed by atoms with van der Waals surface area (Å²) < 4.78 is 9.92. The molecule has 2 amide bonds. The number of hydrogen-bond donors (Lipinski definition) is 1. The average molecular weight is 510 g/mol. The molecule has 0 bridgehead atoms. The van der Waals surface area contributed by atoms with Crippen molar-refractivity contribution in [3.05, 3.63) is 53.6 Å². The highest BCUT2D eigenvalue weighted by atomic mass is 32.1. The van der Waals surface area contributed by atoms with Gasteiger partial charge in [0, 0.05) is 22.5 Å². The number of anilines is 2. The third kappa shape index (κ3) is 5.51. The molecule has 1 saturated carbocycles. The standard InChI is InChI=1S/C27H31N3O5S/c1-16(2)30(26(32)19-7-5-17(3)6-8-19)22-13-23(36-24(22)27(33)34-4)18-9-11-20(12-10-18)29-25(31)21-14-35-15-28-21/h9-17,19H,5-8H2,1-4H3,(H,29,31)/t17-,19-. The van der Waals surface area contributed by atoms with Crippen LogP contribution in [-0.2, 0) is 9.53 Å². The van der Waals surface area contributed by atoms with Crippen molar-refractivity contribution in [2.45, 2.75) is 52.5 Å². The Kier molecular flexibility index (Phi) is 7.88. The summed E-state index contributed by atoms with van der Waals surface area (Å²) in [5, 5.41) is 2.77. The number of nitrogens with one attached hydrogen (secondary N) is 1. The van der Waals surface area contributed by atoms with Gasteiger partial charge in [-0.1, -0.05) is 19.1 Å². The lowest BCUT2D eigenvalue weighted by atomic mass is 9.82. The smallest absolute Gasteiger partial charge is 0.350 e. The van der Waals surface area contributed by atoms with Gasteiger partial charge in [0.05, 0.1) is 12.8 Å². The van der Waals surface area contributed by atoms with Crippen molar-refractivity contribution in [3.8, 4) is 10.4 Å². The topological polar surface area (TPSA) is 102 Å². The lowest BCUT2D eigenvalue weighted by molar-refractivity contribution is -0.123. The van der Waals surface area contributed by atoms with Gasteiger partial charge in [-0.3, -0.25) is 9.59 Å². The first-order valence-electron chi connectivity index (χ1n) is 12.1. The van der Waals surface area contributed by atoms with Gasteiger partial charge in [0.15, 0.2) is 12.1 Å². The Morgan fingerprint density at radius 3 is 2.42 bits per heavy atom. The zero-order valence-electron chi connectivity index (χ0n) is 20.9. The maximum absolute atomic E-state index is 13.6. The fourth-order valence-electron chi connectivity index (χ4n) is 4.53. The second kappa shape index (κ2) is 11.1. The number of rotatable bonds is 7. The van der Waals surface area contributed by atoms with E-state index in [0.717, 1.165) is 36.1 Å². The molecule has 4 rings (SSSR count). The SMILES string of the molecule is COC(=O)c1sc(-c2ccc(NC(=O)c3cocn3)cc2)cc1N(C(=O)[C@H]1CC[C@H](C)CC1)C(C)C. The zero-order valence-corrected chi connectivity index (χ0v) is 21.8. The minimum absolute atomic E-state index is 0.0370. The van der Waals surface area contributed by atoms with Crippen LogP contribution in [0, 0.1) is 11.8 Å². The van der Waals surface area contributed by atoms with Crippen LogP contribution in [0.25, 0.3) is 10.4 Å². The van der Waals surface area contributed by atoms with Gasteiger partial charge in [-0.05, 0) is 69.2 Å². The molecule has 0 saturated heterocycles. The Balaban J connectivity index is 1.61. The predicted molar refractivity (Wildman–Crippen MR) is 139 cm³/mol. The molecule has 1 aromatic carbocycles. The molecule has 1 aliphatic carbocycles. The first-order valence-corrected chi connectivity index (χ1v) is 12.9. The van der Waals surface area contributed by atoms with E-state index >= 15 is 0 Å². The van der Waals surface area contributed by atoms with Gasteiger partial charge in [0.1, 0.15) is 11.1 Å². The molecule has 2 heterocycles. The minimum Gasteiger partial charge on any atom is -0.465 e. The molecule has 0 radical (unpaired) electrons. The quantitative estimate of drug-likeness (QED) is 0.391. The number of hydrogen-bond acceptors (Lipinski definition) is 7. The number of amides is 2. The van der Waals surface area contributed by atoms with Crippen molar-refractivity contribution in [2.24, 2.45) is 11.8 Å². The number of benzene rings is 1. The van der Waals surface area contributed by atoms with Gasteiger partial charge >= 0.3 is 5.97 Å². The van der Waals surface area contributed by atoms with E-state index in [1.807, 2.05) is 32.0 Å². The Morgan fingerprint density at radius 1 is 1.14 bits per heavy atom. The fraction of sp³-hybridized carbons (Fsp3) is 0.407. The monoisotopic (exact) mass is 509 g/mol. The summed E-state index contributed by atoms with van der Waals surface area (Å²) in [6, 6.07) is 9.05. The molecule has 0 aliphatic heterocycles. The number of carbonyl (C=O) groups excluding carboxylic acids is 3. The predicted octanol–water partition coefficient (Wildman–Crippen LogP) is 6.01. The van der Waals surface area contributed by atoms with Crippen molar-refractivity contribution in [1.82, 2.24) is 4.98 Å². The highest BCUT2D eigenvalue weighted by Gasteiger charge is 2.33. The summed E-state index contributed by atoms with van der Waals surface area (Å²) in [5.74, 6) is -0.162. The second-order valence-electron chi connectivity index (χ2n) is 9.48. The summed E-state index contributed by atoms with van der Waals surface area (Å²) in [4.78, 5) is 45.4. The van der Waals surface area contributed by atoms with Crippen molar-refractivity contribution >= 4 is 40.5 Å². The second-order valence-corrected chi connectivity index (χ2v) is 10.5. The van der Waals surface area contributed by atoms with Gasteiger partial charge in [-0.2, -0.15) is 0 Å². The molecule has 9 heteroatoms. The number of methoxy groups -OCH3 is 1. The van der Waals surface area contributed by atoms with Gasteiger partial charge in [-0.25, -0.2) is 9.78 Å². The molecule has 1 N–H and O–H groups in total. The molecule has 36 heavy (non-hydrogen) atoms. The maximum Gasteiger partial charge on any atom is 0.350 e. The molecule has 0 unspecified atom stereocenters. The Labute approximate surface area is 214 Å². The van der Waals surface area contributed by atoms with E-state index in [-0.39, 0.29) is 29.5 Å². The molecule has 2 aromatic heterocycles. The van der Waals surface area contributed by atoms with Crippen LogP contribution in [-0.4, -0.2) is 35.9 Å². The fourth-order valence-corrected chi connectivity index (χ4v) is 5.61. The number of aromatic nitrogens is 1. The van der Waals surface area contributed by atoms with Gasteiger partial charge < -0.3 is 19.4 Å². The average Bonchev–Trinajstić information content (AvgIpc) is 3.55. The highest BCUT2D eigenvalue weighted by Crippen LogP contribution is 2.40. The van der Waals surface area contributed by atoms with Crippen LogP contribution >= 0.6 is 11.3 Å². The van der Waals surface area contributed by atoms with Crippen molar-refractivity contribution < 1.29 is 23.5 Å². The van der Waals surface area contributed by atoms with Crippen molar-refractivity contribution in [2.75, 3.05) is 17.3 Å². The molecule has 8 nitrogen and oxygen atoms in total. The van der Waals surface area contributed by atoms with Crippen LogP contribution in [0.5, 0.6) is 0 Å². The van der Waals surface area contributed by atoms with Crippen LogP contribution < -0.4 is 10.2 Å². The van der Waals surface area contributed by atoms with Gasteiger partial charge in [0.25, 0.3) is 5.91 Å². The Bertz CT molecular complexity index is 1210. The van der Waals surface area contributed by atoms with E-state index in [2.05, 4.69) is 17.2 Å². The first kappa shape index (κ1) is 25.6.